The number of piperidine rings is 1. The summed E-state index contributed by atoms with van der Waals surface area (Å²) in [5.41, 5.74) is 1.72. The van der Waals surface area contributed by atoms with Gasteiger partial charge in [0.1, 0.15) is 11.4 Å². The minimum Gasteiger partial charge on any atom is -0.454 e. The van der Waals surface area contributed by atoms with Crippen LogP contribution in [0.3, 0.4) is 0 Å². The van der Waals surface area contributed by atoms with Gasteiger partial charge in [0.05, 0.1) is 11.2 Å². The third-order valence-electron chi connectivity index (χ3n) is 6.67. The maximum atomic E-state index is 15.1. The molecule has 6 rings (SSSR count). The molecule has 1 fully saturated rings. The van der Waals surface area contributed by atoms with Gasteiger partial charge in [0.15, 0.2) is 11.5 Å². The van der Waals surface area contributed by atoms with Crippen molar-refractivity contribution in [3.63, 3.8) is 0 Å². The first-order chi connectivity index (χ1) is 16.5. The summed E-state index contributed by atoms with van der Waals surface area (Å²) in [6, 6.07) is 8.40. The molecule has 4 heterocycles. The summed E-state index contributed by atoms with van der Waals surface area (Å²) < 4.78 is 33.1. The molecule has 0 unspecified atom stereocenters. The normalized spacial score (nSPS) is 15.9. The SMILES string of the molecule is CC1CCN(c2cc3c(cc2F)c(=O)c(-c2nc(-c4ccc5c(c4)OCO5)no2)cn3C)CC1. The lowest BCUT2D eigenvalue weighted by Gasteiger charge is -2.32. The van der Waals surface area contributed by atoms with Gasteiger partial charge in [0, 0.05) is 37.3 Å². The summed E-state index contributed by atoms with van der Waals surface area (Å²) in [5, 5.41) is 4.30. The van der Waals surface area contributed by atoms with Crippen LogP contribution < -0.4 is 19.8 Å². The molecule has 0 N–H and O–H groups in total. The van der Waals surface area contributed by atoms with E-state index < -0.39 is 5.82 Å². The van der Waals surface area contributed by atoms with E-state index in [1.165, 1.54) is 6.07 Å². The van der Waals surface area contributed by atoms with Gasteiger partial charge in [-0.2, -0.15) is 4.98 Å². The third kappa shape index (κ3) is 3.39. The average molecular weight is 462 g/mol. The van der Waals surface area contributed by atoms with Crippen LogP contribution in [0.5, 0.6) is 11.5 Å². The van der Waals surface area contributed by atoms with Gasteiger partial charge >= 0.3 is 0 Å². The molecular weight excluding hydrogens is 439 g/mol. The first kappa shape index (κ1) is 20.7. The number of nitrogens with zero attached hydrogens (tertiary/aromatic N) is 4. The number of ether oxygens (including phenoxy) is 2. The fourth-order valence-corrected chi connectivity index (χ4v) is 4.62. The van der Waals surface area contributed by atoms with E-state index in [1.807, 2.05) is 7.05 Å². The highest BCUT2D eigenvalue weighted by molar-refractivity contribution is 5.86. The van der Waals surface area contributed by atoms with Crippen LogP contribution in [0.2, 0.25) is 0 Å². The second kappa shape index (κ2) is 7.86. The van der Waals surface area contributed by atoms with Gasteiger partial charge in [-0.05, 0) is 49.1 Å². The molecule has 9 heteroatoms. The maximum Gasteiger partial charge on any atom is 0.263 e. The fraction of sp³-hybridized carbons (Fsp3) is 0.320. The number of hydrogen-bond acceptors (Lipinski definition) is 7. The van der Waals surface area contributed by atoms with Gasteiger partial charge in [-0.3, -0.25) is 4.79 Å². The van der Waals surface area contributed by atoms with Gasteiger partial charge < -0.3 is 23.5 Å². The van der Waals surface area contributed by atoms with E-state index >= 15 is 4.39 Å². The molecule has 0 aliphatic carbocycles. The number of rotatable bonds is 3. The highest BCUT2D eigenvalue weighted by Crippen LogP contribution is 2.35. The maximum absolute atomic E-state index is 15.1. The van der Waals surface area contributed by atoms with E-state index in [1.54, 1.807) is 35.0 Å². The molecule has 0 amide bonds. The molecule has 0 spiro atoms. The van der Waals surface area contributed by atoms with E-state index in [9.17, 15) is 4.79 Å². The summed E-state index contributed by atoms with van der Waals surface area (Å²) in [6.07, 6.45) is 3.71. The quantitative estimate of drug-likeness (QED) is 0.447. The van der Waals surface area contributed by atoms with Crippen molar-refractivity contribution in [3.8, 4) is 34.3 Å². The van der Waals surface area contributed by atoms with E-state index in [-0.39, 0.29) is 29.1 Å². The van der Waals surface area contributed by atoms with Crippen molar-refractivity contribution < 1.29 is 18.4 Å². The lowest BCUT2D eigenvalue weighted by atomic mass is 9.98. The first-order valence-corrected chi connectivity index (χ1v) is 11.3. The van der Waals surface area contributed by atoms with Gasteiger partial charge in [-0.15, -0.1) is 0 Å². The van der Waals surface area contributed by atoms with Crippen molar-refractivity contribution in [1.29, 1.82) is 0 Å². The Morgan fingerprint density at radius 1 is 1.09 bits per heavy atom. The molecule has 8 nitrogen and oxygen atoms in total. The molecule has 2 aromatic heterocycles. The molecule has 4 aromatic rings. The average Bonchev–Trinajstić information content (AvgIpc) is 3.51. The summed E-state index contributed by atoms with van der Waals surface area (Å²) in [4.78, 5) is 19.8. The minimum absolute atomic E-state index is 0.0738. The predicted molar refractivity (Wildman–Crippen MR) is 125 cm³/mol. The van der Waals surface area contributed by atoms with Crippen molar-refractivity contribution in [2.24, 2.45) is 13.0 Å². The Morgan fingerprint density at radius 2 is 1.88 bits per heavy atom. The summed E-state index contributed by atoms with van der Waals surface area (Å²) >= 11 is 0. The van der Waals surface area contributed by atoms with Gasteiger partial charge in [0.2, 0.25) is 18.0 Å². The Balaban J connectivity index is 1.39. The molecule has 0 atom stereocenters. The van der Waals surface area contributed by atoms with Crippen LogP contribution >= 0.6 is 0 Å². The van der Waals surface area contributed by atoms with Crippen LogP contribution in [-0.4, -0.2) is 34.6 Å². The molecule has 34 heavy (non-hydrogen) atoms. The third-order valence-corrected chi connectivity index (χ3v) is 6.67. The zero-order valence-electron chi connectivity index (χ0n) is 18.9. The summed E-state index contributed by atoms with van der Waals surface area (Å²) in [7, 11) is 1.82. The standard InChI is InChI=1S/C25H23FN4O4/c1-14-5-7-30(8-6-14)20-11-19-16(10-18(20)26)23(31)17(12-29(19)2)25-27-24(28-34-25)15-3-4-21-22(9-15)33-13-32-21/h3-4,9-12,14H,5-8,13H2,1-2H3. The number of pyridine rings is 1. The number of anilines is 1. The minimum atomic E-state index is -0.400. The Morgan fingerprint density at radius 3 is 2.71 bits per heavy atom. The molecule has 2 aromatic carbocycles. The lowest BCUT2D eigenvalue weighted by Crippen LogP contribution is -2.33. The van der Waals surface area contributed by atoms with Gasteiger partial charge in [-0.1, -0.05) is 12.1 Å². The zero-order chi connectivity index (χ0) is 23.4. The van der Waals surface area contributed by atoms with E-state index in [4.69, 9.17) is 14.0 Å². The highest BCUT2D eigenvalue weighted by atomic mass is 19.1. The van der Waals surface area contributed by atoms with Gasteiger partial charge in [0.25, 0.3) is 5.89 Å². The smallest absolute Gasteiger partial charge is 0.263 e. The number of hydrogen-bond donors (Lipinski definition) is 0. The van der Waals surface area contributed by atoms with Crippen LogP contribution in [0.15, 0.2) is 45.8 Å². The topological polar surface area (TPSA) is 82.6 Å². The number of fused-ring (bicyclic) bond motifs is 2. The Hall–Kier alpha value is -3.88. The van der Waals surface area contributed by atoms with E-state index in [0.29, 0.717) is 40.0 Å². The second-order valence-electron chi connectivity index (χ2n) is 8.96. The van der Waals surface area contributed by atoms with Crippen molar-refractivity contribution in [3.05, 3.63) is 52.6 Å². The van der Waals surface area contributed by atoms with Crippen molar-refractivity contribution in [1.82, 2.24) is 14.7 Å². The molecule has 2 aliphatic heterocycles. The second-order valence-corrected chi connectivity index (χ2v) is 8.96. The number of aromatic nitrogens is 3. The van der Waals surface area contributed by atoms with Crippen LogP contribution in [0.1, 0.15) is 19.8 Å². The molecule has 174 valence electrons. The first-order valence-electron chi connectivity index (χ1n) is 11.3. The highest BCUT2D eigenvalue weighted by Gasteiger charge is 2.23. The van der Waals surface area contributed by atoms with Crippen molar-refractivity contribution in [2.75, 3.05) is 24.8 Å². The lowest BCUT2D eigenvalue weighted by molar-refractivity contribution is 0.174. The summed E-state index contributed by atoms with van der Waals surface area (Å²) in [5.74, 6) is 1.88. The van der Waals surface area contributed by atoms with E-state index in [2.05, 4.69) is 22.0 Å². The molecule has 0 radical (unpaired) electrons. The number of benzene rings is 2. The van der Waals surface area contributed by atoms with E-state index in [0.717, 1.165) is 25.9 Å². The predicted octanol–water partition coefficient (Wildman–Crippen LogP) is 4.36. The Labute approximate surface area is 194 Å². The van der Waals surface area contributed by atoms with Crippen molar-refractivity contribution in [2.45, 2.75) is 19.8 Å². The largest absolute Gasteiger partial charge is 0.454 e. The van der Waals surface area contributed by atoms with Crippen LogP contribution in [0.4, 0.5) is 10.1 Å². The fourth-order valence-electron chi connectivity index (χ4n) is 4.62. The Kier molecular flexibility index (Phi) is 4.79. The van der Waals surface area contributed by atoms with Crippen LogP contribution in [-0.2, 0) is 7.05 Å². The number of aryl methyl sites for hydroxylation is 1. The van der Waals surface area contributed by atoms with Crippen LogP contribution in [0, 0.1) is 11.7 Å². The molecule has 0 saturated carbocycles. The van der Waals surface area contributed by atoms with Crippen molar-refractivity contribution >= 4 is 16.6 Å². The summed E-state index contributed by atoms with van der Waals surface area (Å²) in [6.45, 7) is 3.99. The molecule has 0 bridgehead atoms. The Bertz CT molecular complexity index is 1470. The molecular formula is C25H23FN4O4. The van der Waals surface area contributed by atoms with Gasteiger partial charge in [-0.25, -0.2) is 4.39 Å². The monoisotopic (exact) mass is 462 g/mol. The van der Waals surface area contributed by atoms with Crippen LogP contribution in [0.25, 0.3) is 33.7 Å². The molecule has 1 saturated heterocycles. The number of halogens is 1. The zero-order valence-corrected chi connectivity index (χ0v) is 18.9. The molecule has 2 aliphatic rings.